The standard InChI is InChI=1S/C13H14BrClN2O2S2/c1-7-5-9(14)10(16)6-12(7)21(18,19)17-8(2)11-3-4-13(15)20-11/h3-6,8,17H,16H2,1-2H3. The van der Waals surface area contributed by atoms with Gasteiger partial charge in [0.2, 0.25) is 10.0 Å². The molecule has 0 spiro atoms. The number of nitrogens with two attached hydrogens (primary N) is 1. The molecule has 114 valence electrons. The first-order valence-electron chi connectivity index (χ1n) is 6.04. The van der Waals surface area contributed by atoms with Crippen LogP contribution in [0.15, 0.2) is 33.6 Å². The van der Waals surface area contributed by atoms with E-state index in [2.05, 4.69) is 20.7 Å². The number of halogens is 2. The molecule has 1 unspecified atom stereocenters. The fraction of sp³-hybridized carbons (Fsp3) is 0.231. The quantitative estimate of drug-likeness (QED) is 0.747. The first-order valence-corrected chi connectivity index (χ1v) is 9.51. The maximum Gasteiger partial charge on any atom is 0.241 e. The highest BCUT2D eigenvalue weighted by Gasteiger charge is 2.22. The van der Waals surface area contributed by atoms with Crippen LogP contribution in [-0.2, 0) is 10.0 Å². The van der Waals surface area contributed by atoms with E-state index >= 15 is 0 Å². The van der Waals surface area contributed by atoms with Crippen LogP contribution in [0.4, 0.5) is 5.69 Å². The number of hydrogen-bond acceptors (Lipinski definition) is 4. The van der Waals surface area contributed by atoms with Gasteiger partial charge in [0, 0.05) is 15.0 Å². The Balaban J connectivity index is 2.32. The van der Waals surface area contributed by atoms with Gasteiger partial charge in [-0.25, -0.2) is 13.1 Å². The molecule has 1 atom stereocenters. The van der Waals surface area contributed by atoms with Crippen molar-refractivity contribution >= 4 is 54.6 Å². The second kappa shape index (κ2) is 6.26. The number of anilines is 1. The van der Waals surface area contributed by atoms with Crippen LogP contribution in [0.1, 0.15) is 23.4 Å². The zero-order chi connectivity index (χ0) is 15.8. The van der Waals surface area contributed by atoms with Gasteiger partial charge in [-0.3, -0.25) is 0 Å². The molecule has 0 radical (unpaired) electrons. The molecule has 0 bridgehead atoms. The van der Waals surface area contributed by atoms with Gasteiger partial charge in [-0.2, -0.15) is 0 Å². The Morgan fingerprint density at radius 3 is 2.62 bits per heavy atom. The van der Waals surface area contributed by atoms with Gasteiger partial charge in [-0.15, -0.1) is 11.3 Å². The van der Waals surface area contributed by atoms with Crippen molar-refractivity contribution in [2.75, 3.05) is 5.73 Å². The summed E-state index contributed by atoms with van der Waals surface area (Å²) in [5, 5.41) is 0. The summed E-state index contributed by atoms with van der Waals surface area (Å²) < 4.78 is 28.9. The molecule has 0 saturated carbocycles. The third-order valence-electron chi connectivity index (χ3n) is 2.94. The van der Waals surface area contributed by atoms with Crippen LogP contribution in [-0.4, -0.2) is 8.42 Å². The van der Waals surface area contributed by atoms with Crippen molar-refractivity contribution < 1.29 is 8.42 Å². The van der Waals surface area contributed by atoms with E-state index in [4.69, 9.17) is 17.3 Å². The lowest BCUT2D eigenvalue weighted by atomic mass is 10.2. The molecular weight excluding hydrogens is 396 g/mol. The molecule has 4 nitrogen and oxygen atoms in total. The van der Waals surface area contributed by atoms with E-state index in [1.54, 1.807) is 26.0 Å². The maximum absolute atomic E-state index is 12.5. The molecular formula is C13H14BrClN2O2S2. The molecule has 21 heavy (non-hydrogen) atoms. The Bertz CT molecular complexity index is 774. The van der Waals surface area contributed by atoms with Crippen LogP contribution in [0, 0.1) is 6.92 Å². The summed E-state index contributed by atoms with van der Waals surface area (Å²) >= 11 is 10.5. The first kappa shape index (κ1) is 16.8. The molecule has 1 heterocycles. The van der Waals surface area contributed by atoms with Gasteiger partial charge in [0.05, 0.1) is 15.3 Å². The van der Waals surface area contributed by atoms with Gasteiger partial charge < -0.3 is 5.73 Å². The van der Waals surface area contributed by atoms with Gasteiger partial charge in [-0.05, 0) is 59.6 Å². The molecule has 0 amide bonds. The Hall–Kier alpha value is -0.600. The third kappa shape index (κ3) is 3.78. The van der Waals surface area contributed by atoms with E-state index in [-0.39, 0.29) is 10.9 Å². The average Bonchev–Trinajstić information content (AvgIpc) is 2.80. The topological polar surface area (TPSA) is 72.2 Å². The molecule has 8 heteroatoms. The number of thiophene rings is 1. The van der Waals surface area contributed by atoms with Crippen LogP contribution in [0.2, 0.25) is 4.34 Å². The second-order valence-corrected chi connectivity index (χ2v) is 8.91. The fourth-order valence-corrected chi connectivity index (χ4v) is 4.95. The van der Waals surface area contributed by atoms with Crippen LogP contribution in [0.25, 0.3) is 0 Å². The fourth-order valence-electron chi connectivity index (χ4n) is 1.87. The van der Waals surface area contributed by atoms with Crippen molar-refractivity contribution in [1.29, 1.82) is 0 Å². The van der Waals surface area contributed by atoms with E-state index in [1.165, 1.54) is 17.4 Å². The molecule has 0 aliphatic rings. The Morgan fingerprint density at radius 2 is 2.05 bits per heavy atom. The average molecular weight is 410 g/mol. The van der Waals surface area contributed by atoms with Crippen molar-refractivity contribution in [1.82, 2.24) is 4.72 Å². The SMILES string of the molecule is Cc1cc(Br)c(N)cc1S(=O)(=O)NC(C)c1ccc(Cl)s1. The van der Waals surface area contributed by atoms with Gasteiger partial charge in [0.25, 0.3) is 0 Å². The van der Waals surface area contributed by atoms with Crippen LogP contribution in [0.3, 0.4) is 0 Å². The largest absolute Gasteiger partial charge is 0.398 e. The highest BCUT2D eigenvalue weighted by molar-refractivity contribution is 9.10. The zero-order valence-corrected chi connectivity index (χ0v) is 15.3. The summed E-state index contributed by atoms with van der Waals surface area (Å²) in [6.07, 6.45) is 0. The second-order valence-electron chi connectivity index (χ2n) is 4.62. The lowest BCUT2D eigenvalue weighted by molar-refractivity contribution is 0.568. The van der Waals surface area contributed by atoms with Crippen LogP contribution < -0.4 is 10.5 Å². The van der Waals surface area contributed by atoms with E-state index in [0.29, 0.717) is 20.1 Å². The monoisotopic (exact) mass is 408 g/mol. The van der Waals surface area contributed by atoms with Gasteiger partial charge >= 0.3 is 0 Å². The summed E-state index contributed by atoms with van der Waals surface area (Å²) in [6, 6.07) is 6.33. The van der Waals surface area contributed by atoms with Crippen molar-refractivity contribution in [3.63, 3.8) is 0 Å². The molecule has 1 aromatic heterocycles. The number of nitrogen functional groups attached to an aromatic ring is 1. The van der Waals surface area contributed by atoms with E-state index < -0.39 is 10.0 Å². The zero-order valence-electron chi connectivity index (χ0n) is 11.4. The molecule has 0 aliphatic carbocycles. The highest BCUT2D eigenvalue weighted by atomic mass is 79.9. The summed E-state index contributed by atoms with van der Waals surface area (Å²) in [5.74, 6) is 0. The predicted octanol–water partition coefficient (Wildman–Crippen LogP) is 4.09. The van der Waals surface area contributed by atoms with Crippen molar-refractivity contribution in [3.05, 3.63) is 43.5 Å². The number of hydrogen-bond donors (Lipinski definition) is 2. The van der Waals surface area contributed by atoms with E-state index in [9.17, 15) is 8.42 Å². The van der Waals surface area contributed by atoms with E-state index in [1.807, 2.05) is 6.07 Å². The Morgan fingerprint density at radius 1 is 1.38 bits per heavy atom. The normalized spacial score (nSPS) is 13.3. The predicted molar refractivity (Wildman–Crippen MR) is 91.4 cm³/mol. The molecule has 1 aromatic carbocycles. The minimum Gasteiger partial charge on any atom is -0.398 e. The first-order chi connectivity index (χ1) is 9.70. The van der Waals surface area contributed by atoms with Gasteiger partial charge in [0.15, 0.2) is 0 Å². The molecule has 3 N–H and O–H groups in total. The van der Waals surface area contributed by atoms with Crippen molar-refractivity contribution in [3.8, 4) is 0 Å². The number of benzene rings is 1. The van der Waals surface area contributed by atoms with Crippen molar-refractivity contribution in [2.45, 2.75) is 24.8 Å². The highest BCUT2D eigenvalue weighted by Crippen LogP contribution is 2.30. The number of aryl methyl sites for hydroxylation is 1. The number of nitrogens with one attached hydrogen (secondary N) is 1. The Kier molecular flexibility index (Phi) is 4.99. The number of rotatable bonds is 4. The minimum atomic E-state index is -3.66. The van der Waals surface area contributed by atoms with Gasteiger partial charge in [-0.1, -0.05) is 11.6 Å². The lowest BCUT2D eigenvalue weighted by Gasteiger charge is -2.15. The van der Waals surface area contributed by atoms with Gasteiger partial charge in [0.1, 0.15) is 0 Å². The van der Waals surface area contributed by atoms with Crippen molar-refractivity contribution in [2.24, 2.45) is 0 Å². The summed E-state index contributed by atoms with van der Waals surface area (Å²) in [4.78, 5) is 1.03. The van der Waals surface area contributed by atoms with Crippen LogP contribution in [0.5, 0.6) is 0 Å². The third-order valence-corrected chi connectivity index (χ3v) is 6.72. The molecule has 2 aromatic rings. The van der Waals surface area contributed by atoms with Crippen LogP contribution >= 0.6 is 38.9 Å². The Labute approximate surface area is 141 Å². The smallest absolute Gasteiger partial charge is 0.241 e. The summed E-state index contributed by atoms with van der Waals surface area (Å²) in [7, 11) is -3.66. The molecule has 0 aliphatic heterocycles. The maximum atomic E-state index is 12.5. The molecule has 0 saturated heterocycles. The minimum absolute atomic E-state index is 0.178. The molecule has 2 rings (SSSR count). The van der Waals surface area contributed by atoms with E-state index in [0.717, 1.165) is 4.88 Å². The number of sulfonamides is 1. The lowest BCUT2D eigenvalue weighted by Crippen LogP contribution is -2.27. The summed E-state index contributed by atoms with van der Waals surface area (Å²) in [5.41, 5.74) is 6.78. The molecule has 0 fully saturated rings. The summed E-state index contributed by atoms with van der Waals surface area (Å²) in [6.45, 7) is 3.50.